The second-order valence-corrected chi connectivity index (χ2v) is 6.01. The molecular weight excluding hydrogens is 230 g/mol. The zero-order chi connectivity index (χ0) is 12.8. The van der Waals surface area contributed by atoms with E-state index < -0.39 is 21.2 Å². The molecule has 0 atom stereocenters. The Morgan fingerprint density at radius 2 is 2.12 bits per heavy atom. The zero-order valence-corrected chi connectivity index (χ0v) is 10.2. The van der Waals surface area contributed by atoms with Crippen LogP contribution in [0, 0.1) is 16.7 Å². The third kappa shape index (κ3) is 6.19. The second kappa shape index (κ2) is 5.66. The molecule has 0 heterocycles. The summed E-state index contributed by atoms with van der Waals surface area (Å²) in [4.78, 5) is 11.1. The van der Waals surface area contributed by atoms with Crippen LogP contribution in [0.25, 0.3) is 0 Å². The van der Waals surface area contributed by atoms with Crippen LogP contribution in [0.4, 0.5) is 0 Å². The van der Waals surface area contributed by atoms with E-state index in [1.807, 2.05) is 6.07 Å². The number of nitriles is 1. The molecule has 0 aliphatic heterocycles. The molecule has 0 rings (SSSR count). The lowest BCUT2D eigenvalue weighted by Crippen LogP contribution is -2.21. The Balaban J connectivity index is 4.04. The number of hydrogen-bond donors (Lipinski definition) is 0. The number of carbonyl (C=O) groups excluding carboxylic acids is 1. The van der Waals surface area contributed by atoms with E-state index in [1.54, 1.807) is 13.8 Å². The molecule has 0 aromatic rings. The SMILES string of the molecule is C=CS(=O)(=O)CCC(=O)OCC(C)(C)C#N. The van der Waals surface area contributed by atoms with Crippen molar-refractivity contribution in [3.05, 3.63) is 12.0 Å². The van der Waals surface area contributed by atoms with Gasteiger partial charge in [0.15, 0.2) is 9.84 Å². The Bertz CT molecular complexity index is 403. The average molecular weight is 245 g/mol. The highest BCUT2D eigenvalue weighted by molar-refractivity contribution is 7.94. The number of rotatable bonds is 6. The Labute approximate surface area is 95.6 Å². The normalized spacial score (nSPS) is 11.6. The summed E-state index contributed by atoms with van der Waals surface area (Å²) < 4.78 is 26.7. The smallest absolute Gasteiger partial charge is 0.306 e. The summed E-state index contributed by atoms with van der Waals surface area (Å²) in [5.41, 5.74) is -0.757. The van der Waals surface area contributed by atoms with Crippen LogP contribution in [0.5, 0.6) is 0 Å². The number of esters is 1. The summed E-state index contributed by atoms with van der Waals surface area (Å²) in [6.45, 7) is 6.33. The highest BCUT2D eigenvalue weighted by atomic mass is 32.2. The van der Waals surface area contributed by atoms with Crippen molar-refractivity contribution in [3.63, 3.8) is 0 Å². The summed E-state index contributed by atoms with van der Waals surface area (Å²) in [6, 6.07) is 1.97. The molecule has 0 saturated heterocycles. The second-order valence-electron chi connectivity index (χ2n) is 3.94. The lowest BCUT2D eigenvalue weighted by molar-refractivity contribution is -0.145. The minimum Gasteiger partial charge on any atom is -0.464 e. The van der Waals surface area contributed by atoms with Crippen LogP contribution in [-0.2, 0) is 19.4 Å². The Kier molecular flexibility index (Phi) is 5.18. The first-order valence-electron chi connectivity index (χ1n) is 4.64. The maximum atomic E-state index is 11.1. The molecule has 0 fully saturated rings. The molecular formula is C10H15NO4S. The topological polar surface area (TPSA) is 84.2 Å². The first kappa shape index (κ1) is 14.6. The van der Waals surface area contributed by atoms with E-state index in [2.05, 4.69) is 6.58 Å². The van der Waals surface area contributed by atoms with E-state index in [-0.39, 0.29) is 18.8 Å². The summed E-state index contributed by atoms with van der Waals surface area (Å²) in [5.74, 6) is -0.948. The van der Waals surface area contributed by atoms with E-state index in [0.29, 0.717) is 0 Å². The highest BCUT2D eigenvalue weighted by Gasteiger charge is 2.20. The van der Waals surface area contributed by atoms with Gasteiger partial charge in [0.2, 0.25) is 0 Å². The fraction of sp³-hybridized carbons (Fsp3) is 0.600. The van der Waals surface area contributed by atoms with E-state index >= 15 is 0 Å². The predicted octanol–water partition coefficient (Wildman–Crippen LogP) is 1.03. The quantitative estimate of drug-likeness (QED) is 0.652. The molecule has 0 unspecified atom stereocenters. The predicted molar refractivity (Wildman–Crippen MR) is 59.0 cm³/mol. The fourth-order valence-electron chi connectivity index (χ4n) is 0.674. The average Bonchev–Trinajstić information content (AvgIpc) is 2.24. The minimum atomic E-state index is -3.38. The standard InChI is InChI=1S/C10H15NO4S/c1-4-16(13,14)6-5-9(12)15-8-10(2,3)7-11/h4H,1,5-6,8H2,2-3H3. The van der Waals surface area contributed by atoms with E-state index in [4.69, 9.17) is 10.00 Å². The molecule has 0 radical (unpaired) electrons. The molecule has 16 heavy (non-hydrogen) atoms. The summed E-state index contributed by atoms with van der Waals surface area (Å²) in [7, 11) is -3.38. The molecule has 0 aromatic carbocycles. The van der Waals surface area contributed by atoms with Gasteiger partial charge in [-0.05, 0) is 13.8 Å². The summed E-state index contributed by atoms with van der Waals surface area (Å²) in [6.07, 6.45) is -0.226. The van der Waals surface area contributed by atoms with Crippen molar-refractivity contribution in [2.75, 3.05) is 12.4 Å². The van der Waals surface area contributed by atoms with Gasteiger partial charge >= 0.3 is 5.97 Å². The molecule has 0 aliphatic rings. The van der Waals surface area contributed by atoms with E-state index in [1.165, 1.54) is 0 Å². The van der Waals surface area contributed by atoms with Gasteiger partial charge in [-0.25, -0.2) is 8.42 Å². The van der Waals surface area contributed by atoms with E-state index in [9.17, 15) is 13.2 Å². The fourth-order valence-corrected chi connectivity index (χ4v) is 1.29. The van der Waals surface area contributed by atoms with Crippen molar-refractivity contribution >= 4 is 15.8 Å². The molecule has 90 valence electrons. The van der Waals surface area contributed by atoms with Crippen molar-refractivity contribution in [1.29, 1.82) is 5.26 Å². The Morgan fingerprint density at radius 1 is 1.56 bits per heavy atom. The van der Waals surface area contributed by atoms with Gasteiger partial charge in [0.05, 0.1) is 23.7 Å². The van der Waals surface area contributed by atoms with E-state index in [0.717, 1.165) is 5.41 Å². The number of ether oxygens (including phenoxy) is 1. The Hall–Kier alpha value is -1.35. The van der Waals surface area contributed by atoms with Crippen molar-refractivity contribution in [2.24, 2.45) is 5.41 Å². The third-order valence-corrected chi connectivity index (χ3v) is 3.02. The van der Waals surface area contributed by atoms with Crippen LogP contribution in [0.2, 0.25) is 0 Å². The van der Waals surface area contributed by atoms with Gasteiger partial charge in [-0.2, -0.15) is 5.26 Å². The third-order valence-electron chi connectivity index (χ3n) is 1.74. The lowest BCUT2D eigenvalue weighted by atomic mass is 9.98. The minimum absolute atomic E-state index is 0.0452. The molecule has 0 spiro atoms. The van der Waals surface area contributed by atoms with Crippen molar-refractivity contribution in [2.45, 2.75) is 20.3 Å². The molecule has 0 aliphatic carbocycles. The number of hydrogen-bond acceptors (Lipinski definition) is 5. The lowest BCUT2D eigenvalue weighted by Gasteiger charge is -2.14. The largest absolute Gasteiger partial charge is 0.464 e. The van der Waals surface area contributed by atoms with Crippen molar-refractivity contribution in [1.82, 2.24) is 0 Å². The van der Waals surface area contributed by atoms with Gasteiger partial charge < -0.3 is 4.74 Å². The van der Waals surface area contributed by atoms with Crippen LogP contribution in [0.15, 0.2) is 12.0 Å². The van der Waals surface area contributed by atoms with Crippen molar-refractivity contribution in [3.8, 4) is 6.07 Å². The van der Waals surface area contributed by atoms with Crippen LogP contribution >= 0.6 is 0 Å². The number of sulfone groups is 1. The molecule has 5 nitrogen and oxygen atoms in total. The van der Waals surface area contributed by atoms with Gasteiger partial charge in [-0.1, -0.05) is 6.58 Å². The van der Waals surface area contributed by atoms with Gasteiger partial charge in [0.1, 0.15) is 6.61 Å². The van der Waals surface area contributed by atoms with Gasteiger partial charge in [-0.3, -0.25) is 4.79 Å². The summed E-state index contributed by atoms with van der Waals surface area (Å²) >= 11 is 0. The van der Waals surface area contributed by atoms with Crippen LogP contribution in [0.3, 0.4) is 0 Å². The molecule has 0 bridgehead atoms. The maximum absolute atomic E-state index is 11.1. The highest BCUT2D eigenvalue weighted by Crippen LogP contribution is 2.13. The van der Waals surface area contributed by atoms with Crippen LogP contribution in [0.1, 0.15) is 20.3 Å². The molecule has 6 heteroatoms. The molecule has 0 aromatic heterocycles. The number of nitrogens with zero attached hydrogens (tertiary/aromatic N) is 1. The zero-order valence-electron chi connectivity index (χ0n) is 9.39. The molecule has 0 amide bonds. The maximum Gasteiger partial charge on any atom is 0.306 e. The number of carbonyl (C=O) groups is 1. The Morgan fingerprint density at radius 3 is 2.56 bits per heavy atom. The molecule has 0 N–H and O–H groups in total. The molecule has 0 saturated carbocycles. The van der Waals surface area contributed by atoms with Crippen molar-refractivity contribution < 1.29 is 17.9 Å². The first-order chi connectivity index (χ1) is 7.22. The summed E-state index contributed by atoms with van der Waals surface area (Å²) in [5, 5.41) is 9.46. The first-order valence-corrected chi connectivity index (χ1v) is 6.36. The van der Waals surface area contributed by atoms with Gasteiger partial charge in [0.25, 0.3) is 0 Å². The van der Waals surface area contributed by atoms with Gasteiger partial charge in [0, 0.05) is 5.41 Å². The van der Waals surface area contributed by atoms with Gasteiger partial charge in [-0.15, -0.1) is 0 Å². The van der Waals surface area contributed by atoms with Crippen LogP contribution < -0.4 is 0 Å². The van der Waals surface area contributed by atoms with Crippen LogP contribution in [-0.4, -0.2) is 26.7 Å². The monoisotopic (exact) mass is 245 g/mol.